The summed E-state index contributed by atoms with van der Waals surface area (Å²) in [5, 5.41) is 12.4. The SMILES string of the molecule is CNCC(=O)N1CC(CO)C2(CCCC2)C1. The summed E-state index contributed by atoms with van der Waals surface area (Å²) in [6.07, 6.45) is 4.87. The third kappa shape index (κ3) is 1.96. The lowest BCUT2D eigenvalue weighted by Gasteiger charge is -2.28. The zero-order chi connectivity index (χ0) is 11.6. The molecule has 0 aromatic rings. The molecule has 2 fully saturated rings. The number of nitrogens with one attached hydrogen (secondary N) is 1. The monoisotopic (exact) mass is 226 g/mol. The van der Waals surface area contributed by atoms with Gasteiger partial charge in [0, 0.05) is 25.6 Å². The molecule has 1 amide bonds. The summed E-state index contributed by atoms with van der Waals surface area (Å²) >= 11 is 0. The van der Waals surface area contributed by atoms with Crippen LogP contribution in [-0.4, -0.2) is 49.2 Å². The van der Waals surface area contributed by atoms with Gasteiger partial charge in [0.15, 0.2) is 0 Å². The summed E-state index contributed by atoms with van der Waals surface area (Å²) < 4.78 is 0. The summed E-state index contributed by atoms with van der Waals surface area (Å²) in [6, 6.07) is 0. The van der Waals surface area contributed by atoms with E-state index in [-0.39, 0.29) is 17.9 Å². The number of carbonyl (C=O) groups is 1. The third-order valence-corrected chi connectivity index (χ3v) is 4.31. The second kappa shape index (κ2) is 4.72. The Kier molecular flexibility index (Phi) is 3.50. The van der Waals surface area contributed by atoms with Crippen LogP contribution in [0.4, 0.5) is 0 Å². The van der Waals surface area contributed by atoms with Crippen molar-refractivity contribution in [2.75, 3.05) is 33.3 Å². The minimum Gasteiger partial charge on any atom is -0.396 e. The molecule has 1 aliphatic carbocycles. The van der Waals surface area contributed by atoms with Gasteiger partial charge in [-0.25, -0.2) is 0 Å². The maximum atomic E-state index is 11.8. The first-order chi connectivity index (χ1) is 7.72. The van der Waals surface area contributed by atoms with Crippen LogP contribution in [0.25, 0.3) is 0 Å². The molecule has 0 aromatic carbocycles. The highest BCUT2D eigenvalue weighted by Crippen LogP contribution is 2.48. The molecule has 0 radical (unpaired) electrons. The lowest BCUT2D eigenvalue weighted by molar-refractivity contribution is -0.129. The van der Waals surface area contributed by atoms with E-state index in [9.17, 15) is 9.90 Å². The van der Waals surface area contributed by atoms with Gasteiger partial charge in [-0.2, -0.15) is 0 Å². The molecule has 16 heavy (non-hydrogen) atoms. The number of amides is 1. The molecule has 1 saturated heterocycles. The molecule has 0 aromatic heterocycles. The number of hydrogen-bond donors (Lipinski definition) is 2. The van der Waals surface area contributed by atoms with Gasteiger partial charge in [-0.1, -0.05) is 12.8 Å². The van der Waals surface area contributed by atoms with Gasteiger partial charge in [-0.3, -0.25) is 4.79 Å². The number of likely N-dealkylation sites (N-methyl/N-ethyl adjacent to an activating group) is 1. The topological polar surface area (TPSA) is 52.6 Å². The van der Waals surface area contributed by atoms with Crippen molar-refractivity contribution in [3.05, 3.63) is 0 Å². The highest BCUT2D eigenvalue weighted by molar-refractivity contribution is 5.78. The first-order valence-corrected chi connectivity index (χ1v) is 6.25. The van der Waals surface area contributed by atoms with Crippen molar-refractivity contribution >= 4 is 5.91 Å². The van der Waals surface area contributed by atoms with E-state index >= 15 is 0 Å². The number of likely N-dealkylation sites (tertiary alicyclic amines) is 1. The first kappa shape index (κ1) is 11.9. The molecule has 2 N–H and O–H groups in total. The van der Waals surface area contributed by atoms with Crippen LogP contribution in [0.5, 0.6) is 0 Å². The zero-order valence-corrected chi connectivity index (χ0v) is 10.0. The maximum absolute atomic E-state index is 11.8. The van der Waals surface area contributed by atoms with Crippen LogP contribution in [0.2, 0.25) is 0 Å². The minimum absolute atomic E-state index is 0.171. The quantitative estimate of drug-likeness (QED) is 0.723. The molecular weight excluding hydrogens is 204 g/mol. The number of hydrogen-bond acceptors (Lipinski definition) is 3. The Morgan fingerprint density at radius 3 is 2.75 bits per heavy atom. The maximum Gasteiger partial charge on any atom is 0.236 e. The molecule has 1 heterocycles. The van der Waals surface area contributed by atoms with Gasteiger partial charge in [-0.15, -0.1) is 0 Å². The Morgan fingerprint density at radius 1 is 1.50 bits per heavy atom. The molecule has 1 aliphatic heterocycles. The first-order valence-electron chi connectivity index (χ1n) is 6.25. The molecule has 0 bridgehead atoms. The van der Waals surface area contributed by atoms with Gasteiger partial charge < -0.3 is 15.3 Å². The molecule has 1 atom stereocenters. The van der Waals surface area contributed by atoms with Gasteiger partial charge in [0.2, 0.25) is 5.91 Å². The highest BCUT2D eigenvalue weighted by Gasteiger charge is 2.48. The van der Waals surface area contributed by atoms with Crippen LogP contribution in [0, 0.1) is 11.3 Å². The van der Waals surface area contributed by atoms with Crippen molar-refractivity contribution in [2.45, 2.75) is 25.7 Å². The van der Waals surface area contributed by atoms with Gasteiger partial charge in [-0.05, 0) is 25.3 Å². The largest absolute Gasteiger partial charge is 0.396 e. The lowest BCUT2D eigenvalue weighted by Crippen LogP contribution is -2.36. The number of nitrogens with zero attached hydrogens (tertiary/aromatic N) is 1. The lowest BCUT2D eigenvalue weighted by atomic mass is 9.77. The van der Waals surface area contributed by atoms with E-state index < -0.39 is 0 Å². The van der Waals surface area contributed by atoms with E-state index in [4.69, 9.17) is 0 Å². The second-order valence-corrected chi connectivity index (χ2v) is 5.25. The van der Waals surface area contributed by atoms with Crippen LogP contribution < -0.4 is 5.32 Å². The minimum atomic E-state index is 0.171. The molecule has 2 rings (SSSR count). The fraction of sp³-hybridized carbons (Fsp3) is 0.917. The molecule has 4 heteroatoms. The average Bonchev–Trinajstić information content (AvgIpc) is 2.87. The van der Waals surface area contributed by atoms with Crippen molar-refractivity contribution in [2.24, 2.45) is 11.3 Å². The van der Waals surface area contributed by atoms with E-state index in [1.807, 2.05) is 4.90 Å². The number of aliphatic hydroxyl groups is 1. The van der Waals surface area contributed by atoms with Crippen LogP contribution in [0.1, 0.15) is 25.7 Å². The smallest absolute Gasteiger partial charge is 0.236 e. The van der Waals surface area contributed by atoms with Crippen LogP contribution in [0.3, 0.4) is 0 Å². The Hall–Kier alpha value is -0.610. The number of rotatable bonds is 3. The summed E-state index contributed by atoms with van der Waals surface area (Å²) in [6.45, 7) is 2.24. The molecule has 1 saturated carbocycles. The standard InChI is InChI=1S/C12H22N2O2/c1-13-6-11(16)14-7-10(8-15)12(9-14)4-2-3-5-12/h10,13,15H,2-9H2,1H3. The Morgan fingerprint density at radius 2 is 2.19 bits per heavy atom. The summed E-state index contributed by atoms with van der Waals surface area (Å²) in [7, 11) is 1.79. The van der Waals surface area contributed by atoms with Crippen molar-refractivity contribution < 1.29 is 9.90 Å². The van der Waals surface area contributed by atoms with Crippen molar-refractivity contribution in [1.82, 2.24) is 10.2 Å². The summed E-state index contributed by atoms with van der Waals surface area (Å²) in [4.78, 5) is 13.8. The van der Waals surface area contributed by atoms with Crippen molar-refractivity contribution in [3.8, 4) is 0 Å². The summed E-state index contributed by atoms with van der Waals surface area (Å²) in [5.74, 6) is 0.473. The Balaban J connectivity index is 2.04. The van der Waals surface area contributed by atoms with E-state index in [1.54, 1.807) is 7.05 Å². The second-order valence-electron chi connectivity index (χ2n) is 5.25. The number of carbonyl (C=O) groups excluding carboxylic acids is 1. The molecule has 92 valence electrons. The molecule has 1 spiro atoms. The van der Waals surface area contributed by atoms with Gasteiger partial charge in [0.05, 0.1) is 6.54 Å². The normalized spacial score (nSPS) is 27.9. The summed E-state index contributed by atoms with van der Waals surface area (Å²) in [5.41, 5.74) is 0.234. The zero-order valence-electron chi connectivity index (χ0n) is 10.0. The van der Waals surface area contributed by atoms with Crippen molar-refractivity contribution in [3.63, 3.8) is 0 Å². The van der Waals surface area contributed by atoms with Crippen LogP contribution >= 0.6 is 0 Å². The molecular formula is C12H22N2O2. The van der Waals surface area contributed by atoms with E-state index in [0.29, 0.717) is 12.5 Å². The van der Waals surface area contributed by atoms with Gasteiger partial charge in [0.25, 0.3) is 0 Å². The van der Waals surface area contributed by atoms with Crippen LogP contribution in [-0.2, 0) is 4.79 Å². The van der Waals surface area contributed by atoms with E-state index in [1.165, 1.54) is 25.7 Å². The highest BCUT2D eigenvalue weighted by atomic mass is 16.3. The predicted octanol–water partition coefficient (Wildman–Crippen LogP) is 0.217. The molecule has 4 nitrogen and oxygen atoms in total. The predicted molar refractivity (Wildman–Crippen MR) is 62.0 cm³/mol. The number of aliphatic hydroxyl groups excluding tert-OH is 1. The van der Waals surface area contributed by atoms with Gasteiger partial charge >= 0.3 is 0 Å². The Bertz CT molecular complexity index is 262. The molecule has 1 unspecified atom stereocenters. The van der Waals surface area contributed by atoms with Crippen molar-refractivity contribution in [1.29, 1.82) is 0 Å². The van der Waals surface area contributed by atoms with E-state index in [2.05, 4.69) is 5.32 Å². The third-order valence-electron chi connectivity index (χ3n) is 4.31. The van der Waals surface area contributed by atoms with E-state index in [0.717, 1.165) is 13.1 Å². The Labute approximate surface area is 97.0 Å². The fourth-order valence-corrected chi connectivity index (χ4v) is 3.38. The molecule has 2 aliphatic rings. The fourth-order valence-electron chi connectivity index (χ4n) is 3.38. The van der Waals surface area contributed by atoms with Gasteiger partial charge in [0.1, 0.15) is 0 Å². The van der Waals surface area contributed by atoms with Crippen LogP contribution in [0.15, 0.2) is 0 Å². The average molecular weight is 226 g/mol.